The summed E-state index contributed by atoms with van der Waals surface area (Å²) in [6.45, 7) is 2.99. The SMILES string of the molecule is CC(=O)N1CCC(c2nnc3n2C(C(=O)Nc2ccc(F)cc2)CC3)CC1. The molecule has 0 bridgehead atoms. The van der Waals surface area contributed by atoms with Crippen molar-refractivity contribution in [3.05, 3.63) is 41.7 Å². The fourth-order valence-corrected chi connectivity index (χ4v) is 3.98. The summed E-state index contributed by atoms with van der Waals surface area (Å²) in [6, 6.07) is 5.38. The molecule has 2 aromatic rings. The van der Waals surface area contributed by atoms with E-state index in [4.69, 9.17) is 0 Å². The summed E-state index contributed by atoms with van der Waals surface area (Å²) in [5.41, 5.74) is 0.569. The van der Waals surface area contributed by atoms with Gasteiger partial charge in [0.15, 0.2) is 0 Å². The van der Waals surface area contributed by atoms with Gasteiger partial charge in [0.2, 0.25) is 11.8 Å². The van der Waals surface area contributed by atoms with E-state index in [1.165, 1.54) is 12.1 Å². The van der Waals surface area contributed by atoms with E-state index < -0.39 is 0 Å². The lowest BCUT2D eigenvalue weighted by Crippen LogP contribution is -2.37. The minimum atomic E-state index is -0.360. The number of aromatic nitrogens is 3. The van der Waals surface area contributed by atoms with Gasteiger partial charge in [-0.3, -0.25) is 9.59 Å². The van der Waals surface area contributed by atoms with E-state index in [-0.39, 0.29) is 29.6 Å². The molecule has 2 amide bonds. The van der Waals surface area contributed by atoms with Gasteiger partial charge in [-0.05, 0) is 43.5 Å². The quantitative estimate of drug-likeness (QED) is 0.898. The van der Waals surface area contributed by atoms with E-state index in [0.29, 0.717) is 31.6 Å². The maximum absolute atomic E-state index is 13.1. The van der Waals surface area contributed by atoms with E-state index in [0.717, 1.165) is 24.5 Å². The number of nitrogens with one attached hydrogen (secondary N) is 1. The van der Waals surface area contributed by atoms with E-state index in [1.807, 2.05) is 9.47 Å². The summed E-state index contributed by atoms with van der Waals surface area (Å²) in [5.74, 6) is 1.48. The number of carbonyl (C=O) groups is 2. The number of halogens is 1. The molecule has 0 aliphatic carbocycles. The van der Waals surface area contributed by atoms with Gasteiger partial charge in [-0.15, -0.1) is 10.2 Å². The second kappa shape index (κ2) is 7.09. The Balaban J connectivity index is 1.50. The predicted molar refractivity (Wildman–Crippen MR) is 96.6 cm³/mol. The average molecular weight is 371 g/mol. The Morgan fingerprint density at radius 2 is 1.81 bits per heavy atom. The average Bonchev–Trinajstić information content (AvgIpc) is 3.25. The molecule has 0 spiro atoms. The first kappa shape index (κ1) is 17.6. The van der Waals surface area contributed by atoms with Crippen molar-refractivity contribution in [1.29, 1.82) is 0 Å². The number of fused-ring (bicyclic) bond motifs is 1. The third kappa shape index (κ3) is 3.43. The van der Waals surface area contributed by atoms with Crippen molar-refractivity contribution in [2.24, 2.45) is 0 Å². The van der Waals surface area contributed by atoms with Crippen molar-refractivity contribution >= 4 is 17.5 Å². The zero-order valence-corrected chi connectivity index (χ0v) is 15.2. The lowest BCUT2D eigenvalue weighted by atomic mass is 9.95. The fraction of sp³-hybridized carbons (Fsp3) is 0.474. The van der Waals surface area contributed by atoms with E-state index >= 15 is 0 Å². The summed E-state index contributed by atoms with van der Waals surface area (Å²) in [5, 5.41) is 11.5. The summed E-state index contributed by atoms with van der Waals surface area (Å²) in [4.78, 5) is 26.2. The molecular formula is C19H22FN5O2. The molecule has 27 heavy (non-hydrogen) atoms. The third-order valence-corrected chi connectivity index (χ3v) is 5.47. The van der Waals surface area contributed by atoms with E-state index in [9.17, 15) is 14.0 Å². The van der Waals surface area contributed by atoms with Crippen LogP contribution in [0, 0.1) is 5.82 Å². The number of likely N-dealkylation sites (tertiary alicyclic amines) is 1. The van der Waals surface area contributed by atoms with Gasteiger partial charge in [0, 0.05) is 38.0 Å². The Morgan fingerprint density at radius 1 is 1.11 bits per heavy atom. The van der Waals surface area contributed by atoms with Crippen LogP contribution in [0.3, 0.4) is 0 Å². The first-order chi connectivity index (χ1) is 13.0. The second-order valence-electron chi connectivity index (χ2n) is 7.18. The van der Waals surface area contributed by atoms with Crippen molar-refractivity contribution in [3.8, 4) is 0 Å². The Labute approximate surface area is 156 Å². The minimum Gasteiger partial charge on any atom is -0.343 e. The molecule has 1 saturated heterocycles. The molecule has 1 atom stereocenters. The van der Waals surface area contributed by atoms with Gasteiger partial charge in [-0.25, -0.2) is 4.39 Å². The zero-order valence-electron chi connectivity index (χ0n) is 15.2. The van der Waals surface area contributed by atoms with Crippen LogP contribution in [0.4, 0.5) is 10.1 Å². The fourth-order valence-electron chi connectivity index (χ4n) is 3.98. The number of hydrogen-bond donors (Lipinski definition) is 1. The van der Waals surface area contributed by atoms with Crippen LogP contribution in [0.15, 0.2) is 24.3 Å². The molecule has 2 aliphatic rings. The molecule has 1 aromatic heterocycles. The minimum absolute atomic E-state index is 0.0940. The van der Waals surface area contributed by atoms with Crippen LogP contribution in [0.5, 0.6) is 0 Å². The topological polar surface area (TPSA) is 80.1 Å². The van der Waals surface area contributed by atoms with E-state index in [1.54, 1.807) is 19.1 Å². The van der Waals surface area contributed by atoms with E-state index in [2.05, 4.69) is 15.5 Å². The molecule has 1 N–H and O–H groups in total. The number of nitrogens with zero attached hydrogens (tertiary/aromatic N) is 4. The number of aryl methyl sites for hydroxylation is 1. The second-order valence-corrected chi connectivity index (χ2v) is 7.18. The number of piperidine rings is 1. The normalized spacial score (nSPS) is 19.8. The van der Waals surface area contributed by atoms with Gasteiger partial charge in [0.1, 0.15) is 23.5 Å². The molecule has 142 valence electrons. The molecule has 0 radical (unpaired) electrons. The van der Waals surface area contributed by atoms with Gasteiger partial charge in [0.05, 0.1) is 0 Å². The lowest BCUT2D eigenvalue weighted by Gasteiger charge is -2.31. The van der Waals surface area contributed by atoms with Crippen LogP contribution in [0.2, 0.25) is 0 Å². The Kier molecular flexibility index (Phi) is 4.63. The van der Waals surface area contributed by atoms with Crippen molar-refractivity contribution in [2.75, 3.05) is 18.4 Å². The highest BCUT2D eigenvalue weighted by Crippen LogP contribution is 2.34. The highest BCUT2D eigenvalue weighted by Gasteiger charge is 2.35. The van der Waals surface area contributed by atoms with Crippen LogP contribution >= 0.6 is 0 Å². The van der Waals surface area contributed by atoms with Crippen LogP contribution in [0.25, 0.3) is 0 Å². The predicted octanol–water partition coefficient (Wildman–Crippen LogP) is 2.27. The first-order valence-corrected chi connectivity index (χ1v) is 9.28. The molecule has 7 nitrogen and oxygen atoms in total. The molecule has 1 fully saturated rings. The Hall–Kier alpha value is -2.77. The number of hydrogen-bond acceptors (Lipinski definition) is 4. The van der Waals surface area contributed by atoms with Crippen molar-refractivity contribution in [3.63, 3.8) is 0 Å². The van der Waals surface area contributed by atoms with Gasteiger partial charge < -0.3 is 14.8 Å². The molecule has 3 heterocycles. The van der Waals surface area contributed by atoms with Crippen LogP contribution in [0.1, 0.15) is 49.8 Å². The maximum atomic E-state index is 13.1. The standard InChI is InChI=1S/C19H22FN5O2/c1-12(26)24-10-8-13(9-11-24)18-23-22-17-7-6-16(25(17)18)19(27)21-15-4-2-14(20)3-5-15/h2-5,13,16H,6-11H2,1H3,(H,21,27). The van der Waals surface area contributed by atoms with Gasteiger partial charge in [0.25, 0.3) is 0 Å². The molecule has 8 heteroatoms. The van der Waals surface area contributed by atoms with Crippen molar-refractivity contribution in [2.45, 2.75) is 44.6 Å². The number of rotatable bonds is 3. The molecule has 1 aromatic carbocycles. The molecular weight excluding hydrogens is 349 g/mol. The van der Waals surface area contributed by atoms with Crippen molar-refractivity contribution in [1.82, 2.24) is 19.7 Å². The molecule has 2 aliphatic heterocycles. The monoisotopic (exact) mass is 371 g/mol. The molecule has 4 rings (SSSR count). The number of anilines is 1. The van der Waals surface area contributed by atoms with Crippen LogP contribution in [-0.4, -0.2) is 44.6 Å². The summed E-state index contributed by atoms with van der Waals surface area (Å²) in [7, 11) is 0. The number of benzene rings is 1. The summed E-state index contributed by atoms with van der Waals surface area (Å²) >= 11 is 0. The smallest absolute Gasteiger partial charge is 0.247 e. The third-order valence-electron chi connectivity index (χ3n) is 5.47. The summed E-state index contributed by atoms with van der Waals surface area (Å²) < 4.78 is 15.0. The summed E-state index contributed by atoms with van der Waals surface area (Å²) in [6.07, 6.45) is 3.03. The Morgan fingerprint density at radius 3 is 2.48 bits per heavy atom. The zero-order chi connectivity index (χ0) is 19.0. The van der Waals surface area contributed by atoms with Crippen LogP contribution in [-0.2, 0) is 16.0 Å². The van der Waals surface area contributed by atoms with Gasteiger partial charge in [-0.1, -0.05) is 0 Å². The highest BCUT2D eigenvalue weighted by molar-refractivity contribution is 5.94. The largest absolute Gasteiger partial charge is 0.343 e. The maximum Gasteiger partial charge on any atom is 0.247 e. The molecule has 0 saturated carbocycles. The molecule has 1 unspecified atom stereocenters. The van der Waals surface area contributed by atoms with Gasteiger partial charge in [-0.2, -0.15) is 0 Å². The number of carbonyl (C=O) groups excluding carboxylic acids is 2. The highest BCUT2D eigenvalue weighted by atomic mass is 19.1. The van der Waals surface area contributed by atoms with Crippen molar-refractivity contribution < 1.29 is 14.0 Å². The number of amides is 2. The van der Waals surface area contributed by atoms with Gasteiger partial charge >= 0.3 is 0 Å². The lowest BCUT2D eigenvalue weighted by molar-refractivity contribution is -0.129. The first-order valence-electron chi connectivity index (χ1n) is 9.28. The van der Waals surface area contributed by atoms with Crippen LogP contribution < -0.4 is 5.32 Å². The Bertz CT molecular complexity index is 855.